The fourth-order valence-electron chi connectivity index (χ4n) is 1.85. The van der Waals surface area contributed by atoms with Gasteiger partial charge in [0, 0.05) is 0 Å². The first-order valence-corrected chi connectivity index (χ1v) is 7.36. The zero-order valence-electron chi connectivity index (χ0n) is 11.2. The van der Waals surface area contributed by atoms with Gasteiger partial charge in [0.2, 0.25) is 5.91 Å². The summed E-state index contributed by atoms with van der Waals surface area (Å²) in [4.78, 5) is 17.0. The number of hydrogen-bond donors (Lipinski definition) is 1. The third-order valence-electron chi connectivity index (χ3n) is 2.85. The van der Waals surface area contributed by atoms with Crippen molar-refractivity contribution in [3.63, 3.8) is 0 Å². The minimum absolute atomic E-state index is 0.0660. The average Bonchev–Trinajstić information content (AvgIpc) is 3.17. The van der Waals surface area contributed by atoms with Gasteiger partial charge in [0.1, 0.15) is 0 Å². The number of nitrogens with zero attached hydrogens (tertiary/aromatic N) is 2. The number of aromatic nitrogens is 2. The Balaban J connectivity index is 1.54. The first-order chi connectivity index (χ1) is 10.3. The quantitative estimate of drug-likeness (QED) is 0.786. The maximum atomic E-state index is 11.8. The summed E-state index contributed by atoms with van der Waals surface area (Å²) >= 11 is 1.53. The van der Waals surface area contributed by atoms with Crippen molar-refractivity contribution in [1.82, 2.24) is 15.5 Å². The van der Waals surface area contributed by atoms with Crippen molar-refractivity contribution in [1.29, 1.82) is 0 Å². The lowest BCUT2D eigenvalue weighted by Gasteiger charge is -2.02. The zero-order chi connectivity index (χ0) is 14.5. The van der Waals surface area contributed by atoms with Gasteiger partial charge in [0.25, 0.3) is 5.89 Å². The molecule has 0 fully saturated rings. The monoisotopic (exact) mass is 299 g/mol. The summed E-state index contributed by atoms with van der Waals surface area (Å²) in [6, 6.07) is 13.4. The number of amides is 1. The summed E-state index contributed by atoms with van der Waals surface area (Å²) in [6.45, 7) is 0.264. The van der Waals surface area contributed by atoms with Gasteiger partial charge < -0.3 is 9.84 Å². The van der Waals surface area contributed by atoms with Crippen LogP contribution in [0.3, 0.4) is 0 Å². The molecule has 0 saturated heterocycles. The minimum atomic E-state index is -0.0660. The normalized spacial score (nSPS) is 10.5. The zero-order valence-corrected chi connectivity index (χ0v) is 12.0. The number of benzene rings is 1. The molecule has 5 nitrogen and oxygen atoms in total. The van der Waals surface area contributed by atoms with Crippen molar-refractivity contribution < 1.29 is 9.32 Å². The van der Waals surface area contributed by atoms with Gasteiger partial charge in [-0.25, -0.2) is 0 Å². The van der Waals surface area contributed by atoms with Crippen LogP contribution < -0.4 is 5.32 Å². The van der Waals surface area contributed by atoms with Crippen LogP contribution in [0.4, 0.5) is 0 Å². The van der Waals surface area contributed by atoms with Gasteiger partial charge in [0.15, 0.2) is 5.82 Å². The van der Waals surface area contributed by atoms with Crippen molar-refractivity contribution in [3.8, 4) is 10.8 Å². The van der Waals surface area contributed by atoms with E-state index in [0.29, 0.717) is 18.1 Å². The summed E-state index contributed by atoms with van der Waals surface area (Å²) in [6.07, 6.45) is 0.344. The molecule has 0 bridgehead atoms. The fourth-order valence-corrected chi connectivity index (χ4v) is 2.49. The molecule has 106 valence electrons. The van der Waals surface area contributed by atoms with Gasteiger partial charge in [-0.05, 0) is 17.0 Å². The van der Waals surface area contributed by atoms with E-state index >= 15 is 0 Å². The number of rotatable bonds is 5. The van der Waals surface area contributed by atoms with Gasteiger partial charge in [-0.1, -0.05) is 41.6 Å². The molecule has 0 aliphatic rings. The number of carbonyl (C=O) groups is 1. The Kier molecular flexibility index (Phi) is 4.07. The molecule has 3 rings (SSSR count). The molecular formula is C15H13N3O2S. The molecule has 0 unspecified atom stereocenters. The number of carbonyl (C=O) groups excluding carboxylic acids is 1. The first kappa shape index (κ1) is 13.5. The number of thiophene rings is 1. The maximum absolute atomic E-state index is 11.8. The molecule has 0 aliphatic heterocycles. The van der Waals surface area contributed by atoms with Crippen molar-refractivity contribution in [2.24, 2.45) is 0 Å². The molecule has 6 heteroatoms. The van der Waals surface area contributed by atoms with Crippen LogP contribution in [0.2, 0.25) is 0 Å². The Hall–Kier alpha value is -2.47. The van der Waals surface area contributed by atoms with Gasteiger partial charge in [-0.15, -0.1) is 11.3 Å². The molecule has 21 heavy (non-hydrogen) atoms. The largest absolute Gasteiger partial charge is 0.348 e. The molecule has 2 aromatic heterocycles. The summed E-state index contributed by atoms with van der Waals surface area (Å²) in [5, 5.41) is 8.59. The lowest BCUT2D eigenvalue weighted by molar-refractivity contribution is -0.120. The second-order valence-corrected chi connectivity index (χ2v) is 5.38. The van der Waals surface area contributed by atoms with E-state index in [1.54, 1.807) is 0 Å². The number of nitrogens with one attached hydrogen (secondary N) is 1. The van der Waals surface area contributed by atoms with Gasteiger partial charge in [-0.3, -0.25) is 4.79 Å². The third-order valence-corrected chi connectivity index (χ3v) is 3.71. The second-order valence-electron chi connectivity index (χ2n) is 4.43. The molecule has 0 aliphatic carbocycles. The van der Waals surface area contributed by atoms with E-state index in [-0.39, 0.29) is 12.5 Å². The highest BCUT2D eigenvalue weighted by Gasteiger charge is 2.10. The lowest BCUT2D eigenvalue weighted by atomic mass is 10.1. The summed E-state index contributed by atoms with van der Waals surface area (Å²) in [7, 11) is 0. The molecule has 0 radical (unpaired) electrons. The number of hydrogen-bond acceptors (Lipinski definition) is 5. The summed E-state index contributed by atoms with van der Waals surface area (Å²) in [5.74, 6) is 0.890. The van der Waals surface area contributed by atoms with E-state index in [2.05, 4.69) is 15.5 Å². The van der Waals surface area contributed by atoms with Crippen LogP contribution in [0.25, 0.3) is 10.8 Å². The highest BCUT2D eigenvalue weighted by atomic mass is 32.1. The molecule has 0 atom stereocenters. The predicted molar refractivity (Wildman–Crippen MR) is 79.6 cm³/mol. The van der Waals surface area contributed by atoms with E-state index in [9.17, 15) is 4.79 Å². The second kappa shape index (κ2) is 6.32. The average molecular weight is 299 g/mol. The first-order valence-electron chi connectivity index (χ1n) is 6.48. The van der Waals surface area contributed by atoms with E-state index in [0.717, 1.165) is 10.4 Å². The lowest BCUT2D eigenvalue weighted by Crippen LogP contribution is -2.25. The van der Waals surface area contributed by atoms with Gasteiger partial charge in [-0.2, -0.15) is 4.98 Å². The van der Waals surface area contributed by atoms with E-state index in [1.807, 2.05) is 47.8 Å². The fraction of sp³-hybridized carbons (Fsp3) is 0.133. The molecule has 0 spiro atoms. The maximum Gasteiger partial charge on any atom is 0.268 e. The minimum Gasteiger partial charge on any atom is -0.348 e. The Morgan fingerprint density at radius 1 is 1.19 bits per heavy atom. The van der Waals surface area contributed by atoms with E-state index < -0.39 is 0 Å². The molecule has 1 N–H and O–H groups in total. The summed E-state index contributed by atoms with van der Waals surface area (Å²) in [5.41, 5.74) is 0.974. The SMILES string of the molecule is O=C(Cc1ccccc1)NCc1noc(-c2cccs2)n1. The molecular weight excluding hydrogens is 286 g/mol. The van der Waals surface area contributed by atoms with Crippen LogP contribution in [0.5, 0.6) is 0 Å². The van der Waals surface area contributed by atoms with Crippen LogP contribution in [0, 0.1) is 0 Å². The van der Waals surface area contributed by atoms with Crippen LogP contribution in [-0.2, 0) is 17.8 Å². The van der Waals surface area contributed by atoms with Crippen LogP contribution >= 0.6 is 11.3 Å². The van der Waals surface area contributed by atoms with E-state index in [4.69, 9.17) is 4.52 Å². The highest BCUT2D eigenvalue weighted by Crippen LogP contribution is 2.22. The third kappa shape index (κ3) is 3.55. The summed E-state index contributed by atoms with van der Waals surface area (Å²) < 4.78 is 5.16. The Labute approximate surface area is 125 Å². The predicted octanol–water partition coefficient (Wildman–Crippen LogP) is 2.66. The van der Waals surface area contributed by atoms with Gasteiger partial charge in [0.05, 0.1) is 17.8 Å². The van der Waals surface area contributed by atoms with Crippen molar-refractivity contribution in [2.45, 2.75) is 13.0 Å². The van der Waals surface area contributed by atoms with E-state index in [1.165, 1.54) is 11.3 Å². The molecule has 0 saturated carbocycles. The molecule has 3 aromatic rings. The Morgan fingerprint density at radius 2 is 2.05 bits per heavy atom. The van der Waals surface area contributed by atoms with Crippen molar-refractivity contribution in [2.75, 3.05) is 0 Å². The van der Waals surface area contributed by atoms with Crippen LogP contribution in [-0.4, -0.2) is 16.0 Å². The van der Waals surface area contributed by atoms with Crippen LogP contribution in [0.15, 0.2) is 52.4 Å². The van der Waals surface area contributed by atoms with Crippen molar-refractivity contribution in [3.05, 3.63) is 59.2 Å². The topological polar surface area (TPSA) is 68.0 Å². The highest BCUT2D eigenvalue weighted by molar-refractivity contribution is 7.13. The van der Waals surface area contributed by atoms with Crippen molar-refractivity contribution >= 4 is 17.2 Å². The molecule has 1 aromatic carbocycles. The molecule has 1 amide bonds. The van der Waals surface area contributed by atoms with Crippen LogP contribution in [0.1, 0.15) is 11.4 Å². The van der Waals surface area contributed by atoms with Gasteiger partial charge >= 0.3 is 0 Å². The Bertz CT molecular complexity index is 708. The molecule has 2 heterocycles. The Morgan fingerprint density at radius 3 is 2.81 bits per heavy atom. The smallest absolute Gasteiger partial charge is 0.268 e. The standard InChI is InChI=1S/C15H13N3O2S/c19-14(9-11-5-2-1-3-6-11)16-10-13-17-15(20-18-13)12-7-4-8-21-12/h1-8H,9-10H2,(H,16,19).